The summed E-state index contributed by atoms with van der Waals surface area (Å²) < 4.78 is 0. The van der Waals surface area contributed by atoms with Crippen LogP contribution in [0.5, 0.6) is 0 Å². The van der Waals surface area contributed by atoms with Crippen LogP contribution in [-0.4, -0.2) is 23.9 Å². The maximum atomic E-state index is 11.1. The van der Waals surface area contributed by atoms with E-state index in [-0.39, 0.29) is 5.78 Å². The lowest BCUT2D eigenvalue weighted by Gasteiger charge is -2.27. The number of halogens is 1. The van der Waals surface area contributed by atoms with Gasteiger partial charge in [0.05, 0.1) is 5.56 Å². The molecule has 1 aromatic heterocycles. The molecule has 5 heteroatoms. The molecule has 0 saturated carbocycles. The summed E-state index contributed by atoms with van der Waals surface area (Å²) in [4.78, 5) is 17.2. The molecule has 1 fully saturated rings. The van der Waals surface area contributed by atoms with Crippen molar-refractivity contribution in [2.75, 3.05) is 18.0 Å². The van der Waals surface area contributed by atoms with E-state index < -0.39 is 0 Å². The van der Waals surface area contributed by atoms with E-state index >= 15 is 0 Å². The van der Waals surface area contributed by atoms with E-state index in [9.17, 15) is 4.79 Å². The number of anilines is 1. The zero-order valence-electron chi connectivity index (χ0n) is 8.61. The second-order valence-corrected chi connectivity index (χ2v) is 4.01. The normalized spacial score (nSPS) is 16.0. The van der Waals surface area contributed by atoms with Crippen LogP contribution in [0.4, 0.5) is 5.82 Å². The number of hydrogen-bond acceptors (Lipinski definition) is 4. The SMILES string of the molecule is N#Cc1ccnc(N2CCC(=O)CC2)c1Cl. The Labute approximate surface area is 98.5 Å². The molecule has 1 aromatic rings. The molecule has 0 aliphatic carbocycles. The fourth-order valence-electron chi connectivity index (χ4n) is 1.71. The number of piperidine rings is 1. The molecule has 82 valence electrons. The van der Waals surface area contributed by atoms with Crippen LogP contribution >= 0.6 is 11.6 Å². The third-order valence-electron chi connectivity index (χ3n) is 2.61. The standard InChI is InChI=1S/C11H10ClN3O/c12-10-8(7-13)1-4-14-11(10)15-5-2-9(16)3-6-15/h1,4H,2-3,5-6H2. The molecule has 1 aliphatic heterocycles. The fourth-order valence-corrected chi connectivity index (χ4v) is 1.98. The lowest BCUT2D eigenvalue weighted by atomic mass is 10.1. The number of nitriles is 1. The minimum absolute atomic E-state index is 0.267. The zero-order chi connectivity index (χ0) is 11.5. The number of hydrogen-bond donors (Lipinski definition) is 0. The summed E-state index contributed by atoms with van der Waals surface area (Å²) in [6.07, 6.45) is 2.61. The molecule has 0 bridgehead atoms. The second kappa shape index (κ2) is 4.50. The summed E-state index contributed by atoms with van der Waals surface area (Å²) in [6.45, 7) is 1.25. The maximum Gasteiger partial charge on any atom is 0.148 e. The number of aromatic nitrogens is 1. The van der Waals surface area contributed by atoms with Crippen molar-refractivity contribution in [1.82, 2.24) is 4.98 Å². The number of rotatable bonds is 1. The summed E-state index contributed by atoms with van der Waals surface area (Å²) >= 11 is 6.07. The highest BCUT2D eigenvalue weighted by molar-refractivity contribution is 6.34. The Bertz CT molecular complexity index is 457. The van der Waals surface area contributed by atoms with E-state index in [1.807, 2.05) is 11.0 Å². The van der Waals surface area contributed by atoms with Gasteiger partial charge in [0.1, 0.15) is 22.7 Å². The first-order chi connectivity index (χ1) is 7.72. The number of carbonyl (C=O) groups is 1. The number of ketones is 1. The van der Waals surface area contributed by atoms with Crippen molar-refractivity contribution in [2.24, 2.45) is 0 Å². The van der Waals surface area contributed by atoms with Gasteiger partial charge in [0, 0.05) is 32.1 Å². The minimum Gasteiger partial charge on any atom is -0.354 e. The van der Waals surface area contributed by atoms with Crippen molar-refractivity contribution < 1.29 is 4.79 Å². The third-order valence-corrected chi connectivity index (χ3v) is 2.98. The minimum atomic E-state index is 0.267. The van der Waals surface area contributed by atoms with Crippen LogP contribution in [0, 0.1) is 11.3 Å². The van der Waals surface area contributed by atoms with Crippen LogP contribution in [-0.2, 0) is 4.79 Å². The van der Waals surface area contributed by atoms with Crippen molar-refractivity contribution in [1.29, 1.82) is 5.26 Å². The molecule has 0 N–H and O–H groups in total. The highest BCUT2D eigenvalue weighted by Crippen LogP contribution is 2.27. The van der Waals surface area contributed by atoms with Crippen LogP contribution in [0.3, 0.4) is 0 Å². The Kier molecular flexibility index (Phi) is 3.07. The smallest absolute Gasteiger partial charge is 0.148 e. The second-order valence-electron chi connectivity index (χ2n) is 3.63. The Hall–Kier alpha value is -1.60. The van der Waals surface area contributed by atoms with Crippen LogP contribution in [0.1, 0.15) is 18.4 Å². The predicted molar refractivity (Wildman–Crippen MR) is 60.4 cm³/mol. The monoisotopic (exact) mass is 235 g/mol. The van der Waals surface area contributed by atoms with Gasteiger partial charge in [-0.25, -0.2) is 4.98 Å². The first kappa shape index (κ1) is 10.9. The van der Waals surface area contributed by atoms with E-state index in [0.29, 0.717) is 42.3 Å². The van der Waals surface area contributed by atoms with E-state index in [1.54, 1.807) is 12.3 Å². The first-order valence-corrected chi connectivity index (χ1v) is 5.41. The van der Waals surface area contributed by atoms with E-state index in [4.69, 9.17) is 16.9 Å². The van der Waals surface area contributed by atoms with Crippen molar-refractivity contribution in [3.63, 3.8) is 0 Å². The van der Waals surface area contributed by atoms with Gasteiger partial charge in [0.25, 0.3) is 0 Å². The van der Waals surface area contributed by atoms with Gasteiger partial charge in [0.2, 0.25) is 0 Å². The number of Topliss-reactive ketones (excluding diaryl/α,β-unsaturated/α-hetero) is 1. The van der Waals surface area contributed by atoms with Gasteiger partial charge in [-0.05, 0) is 6.07 Å². The topological polar surface area (TPSA) is 57.0 Å². The van der Waals surface area contributed by atoms with Gasteiger partial charge < -0.3 is 4.90 Å². The maximum absolute atomic E-state index is 11.1. The highest BCUT2D eigenvalue weighted by Gasteiger charge is 2.20. The molecular formula is C11H10ClN3O. The van der Waals surface area contributed by atoms with E-state index in [0.717, 1.165) is 0 Å². The molecule has 0 amide bonds. The van der Waals surface area contributed by atoms with E-state index in [2.05, 4.69) is 4.98 Å². The number of carbonyl (C=O) groups excluding carboxylic acids is 1. The van der Waals surface area contributed by atoms with Crippen molar-refractivity contribution >= 4 is 23.2 Å². The molecule has 16 heavy (non-hydrogen) atoms. The van der Waals surface area contributed by atoms with Crippen molar-refractivity contribution in [3.05, 3.63) is 22.8 Å². The molecular weight excluding hydrogens is 226 g/mol. The van der Waals surface area contributed by atoms with Crippen LogP contribution in [0.25, 0.3) is 0 Å². The molecule has 0 unspecified atom stereocenters. The molecule has 4 nitrogen and oxygen atoms in total. The summed E-state index contributed by atoms with van der Waals surface area (Å²) in [7, 11) is 0. The Balaban J connectivity index is 2.28. The zero-order valence-corrected chi connectivity index (χ0v) is 9.37. The van der Waals surface area contributed by atoms with Gasteiger partial charge in [-0.1, -0.05) is 11.6 Å². The third kappa shape index (κ3) is 2.00. The molecule has 2 heterocycles. The summed E-state index contributed by atoms with van der Waals surface area (Å²) in [6, 6.07) is 3.60. The highest BCUT2D eigenvalue weighted by atomic mass is 35.5. The largest absolute Gasteiger partial charge is 0.354 e. The Morgan fingerprint density at radius 3 is 2.75 bits per heavy atom. The summed E-state index contributed by atoms with van der Waals surface area (Å²) in [5, 5.41) is 9.22. The Morgan fingerprint density at radius 2 is 2.12 bits per heavy atom. The molecule has 2 rings (SSSR count). The number of pyridine rings is 1. The molecule has 0 atom stereocenters. The summed E-state index contributed by atoms with van der Waals surface area (Å²) in [5.74, 6) is 0.872. The average molecular weight is 236 g/mol. The molecule has 0 aromatic carbocycles. The van der Waals surface area contributed by atoms with E-state index in [1.165, 1.54) is 0 Å². The lowest BCUT2D eigenvalue weighted by molar-refractivity contribution is -0.119. The van der Waals surface area contributed by atoms with Crippen LogP contribution in [0.15, 0.2) is 12.3 Å². The summed E-state index contributed by atoms with van der Waals surface area (Å²) in [5.41, 5.74) is 0.420. The molecule has 0 spiro atoms. The van der Waals surface area contributed by atoms with Crippen molar-refractivity contribution in [2.45, 2.75) is 12.8 Å². The van der Waals surface area contributed by atoms with Gasteiger partial charge in [-0.3, -0.25) is 4.79 Å². The molecule has 1 aliphatic rings. The van der Waals surface area contributed by atoms with Gasteiger partial charge in [-0.15, -0.1) is 0 Å². The average Bonchev–Trinajstić information content (AvgIpc) is 2.31. The Morgan fingerprint density at radius 1 is 1.44 bits per heavy atom. The van der Waals surface area contributed by atoms with Crippen molar-refractivity contribution in [3.8, 4) is 6.07 Å². The lowest BCUT2D eigenvalue weighted by Crippen LogP contribution is -2.34. The van der Waals surface area contributed by atoms with Gasteiger partial charge in [-0.2, -0.15) is 5.26 Å². The number of nitrogens with zero attached hydrogens (tertiary/aromatic N) is 3. The molecule has 1 saturated heterocycles. The predicted octanol–water partition coefficient (Wildman–Crippen LogP) is 1.78. The molecule has 0 radical (unpaired) electrons. The van der Waals surface area contributed by atoms with Gasteiger partial charge >= 0.3 is 0 Å². The quantitative estimate of drug-likeness (QED) is 0.745. The fraction of sp³-hybridized carbons (Fsp3) is 0.364. The van der Waals surface area contributed by atoms with Crippen LogP contribution in [0.2, 0.25) is 5.02 Å². The van der Waals surface area contributed by atoms with Crippen LogP contribution < -0.4 is 4.90 Å². The van der Waals surface area contributed by atoms with Gasteiger partial charge in [0.15, 0.2) is 0 Å². The first-order valence-electron chi connectivity index (χ1n) is 5.03.